The van der Waals surface area contributed by atoms with E-state index in [1.165, 1.54) is 6.26 Å². The second-order valence-electron chi connectivity index (χ2n) is 3.98. The second kappa shape index (κ2) is 5.29. The average molecular weight is 306 g/mol. The lowest BCUT2D eigenvalue weighted by atomic mass is 10.0. The molecule has 2 N–H and O–H groups in total. The summed E-state index contributed by atoms with van der Waals surface area (Å²) in [5, 5.41) is 0. The SMILES string of the molecule is Cc1c(Br)cccc1C(N)CCS(C)(=O)=O. The summed E-state index contributed by atoms with van der Waals surface area (Å²) < 4.78 is 23.1. The summed E-state index contributed by atoms with van der Waals surface area (Å²) in [7, 11) is -2.94. The number of sulfone groups is 1. The predicted octanol–water partition coefficient (Wildman–Crippen LogP) is 2.19. The van der Waals surface area contributed by atoms with Crippen LogP contribution in [-0.2, 0) is 9.84 Å². The van der Waals surface area contributed by atoms with E-state index in [1.807, 2.05) is 25.1 Å². The Bertz CT molecular complexity index is 471. The Morgan fingerprint density at radius 1 is 1.44 bits per heavy atom. The number of benzene rings is 1. The molecule has 0 bridgehead atoms. The minimum absolute atomic E-state index is 0.125. The molecule has 1 aromatic carbocycles. The van der Waals surface area contributed by atoms with Crippen LogP contribution in [0, 0.1) is 6.92 Å². The zero-order valence-corrected chi connectivity index (χ0v) is 11.8. The summed E-state index contributed by atoms with van der Waals surface area (Å²) in [5.74, 6) is 0.125. The zero-order valence-electron chi connectivity index (χ0n) is 9.40. The van der Waals surface area contributed by atoms with Gasteiger partial charge >= 0.3 is 0 Å². The second-order valence-corrected chi connectivity index (χ2v) is 7.09. The molecule has 0 aliphatic heterocycles. The van der Waals surface area contributed by atoms with Crippen LogP contribution in [0.3, 0.4) is 0 Å². The Hall–Kier alpha value is -0.390. The lowest BCUT2D eigenvalue weighted by Crippen LogP contribution is -2.16. The third-order valence-corrected chi connectivity index (χ3v) is 4.35. The Morgan fingerprint density at radius 2 is 2.06 bits per heavy atom. The smallest absolute Gasteiger partial charge is 0.147 e. The van der Waals surface area contributed by atoms with Gasteiger partial charge in [0, 0.05) is 16.8 Å². The van der Waals surface area contributed by atoms with E-state index >= 15 is 0 Å². The monoisotopic (exact) mass is 305 g/mol. The molecule has 1 rings (SSSR count). The Morgan fingerprint density at radius 3 is 2.62 bits per heavy atom. The van der Waals surface area contributed by atoms with Crippen LogP contribution in [0.4, 0.5) is 0 Å². The summed E-state index contributed by atoms with van der Waals surface area (Å²) in [6.45, 7) is 1.97. The van der Waals surface area contributed by atoms with Gasteiger partial charge in [0.25, 0.3) is 0 Å². The van der Waals surface area contributed by atoms with Crippen molar-refractivity contribution in [3.8, 4) is 0 Å². The topological polar surface area (TPSA) is 60.2 Å². The van der Waals surface area contributed by atoms with Crippen molar-refractivity contribution in [3.63, 3.8) is 0 Å². The van der Waals surface area contributed by atoms with Gasteiger partial charge in [-0.2, -0.15) is 0 Å². The molecular formula is C11H16BrNO2S. The van der Waals surface area contributed by atoms with Gasteiger partial charge in [0.15, 0.2) is 0 Å². The highest BCUT2D eigenvalue weighted by atomic mass is 79.9. The molecule has 0 saturated carbocycles. The van der Waals surface area contributed by atoms with E-state index in [4.69, 9.17) is 5.73 Å². The largest absolute Gasteiger partial charge is 0.324 e. The van der Waals surface area contributed by atoms with Crippen LogP contribution in [0.5, 0.6) is 0 Å². The molecule has 5 heteroatoms. The highest BCUT2D eigenvalue weighted by Crippen LogP contribution is 2.25. The first-order chi connectivity index (χ1) is 7.31. The van der Waals surface area contributed by atoms with Crippen LogP contribution in [0.15, 0.2) is 22.7 Å². The third-order valence-electron chi connectivity index (χ3n) is 2.51. The van der Waals surface area contributed by atoms with Crippen molar-refractivity contribution in [1.82, 2.24) is 0 Å². The molecule has 0 radical (unpaired) electrons. The third kappa shape index (κ3) is 3.88. The van der Waals surface area contributed by atoms with Crippen LogP contribution in [0.25, 0.3) is 0 Å². The Labute approximate surface area is 105 Å². The fraction of sp³-hybridized carbons (Fsp3) is 0.455. The van der Waals surface area contributed by atoms with E-state index in [1.54, 1.807) is 0 Å². The quantitative estimate of drug-likeness (QED) is 0.927. The average Bonchev–Trinajstić information content (AvgIpc) is 2.17. The summed E-state index contributed by atoms with van der Waals surface area (Å²) in [4.78, 5) is 0. The first kappa shape index (κ1) is 13.7. The van der Waals surface area contributed by atoms with Crippen molar-refractivity contribution in [2.24, 2.45) is 5.73 Å². The number of halogens is 1. The van der Waals surface area contributed by atoms with Crippen molar-refractivity contribution >= 4 is 25.8 Å². The van der Waals surface area contributed by atoms with Gasteiger partial charge in [0.05, 0.1) is 5.75 Å². The molecular weight excluding hydrogens is 290 g/mol. The first-order valence-electron chi connectivity index (χ1n) is 4.99. The van der Waals surface area contributed by atoms with E-state index in [0.717, 1.165) is 15.6 Å². The van der Waals surface area contributed by atoms with Crippen molar-refractivity contribution in [2.75, 3.05) is 12.0 Å². The van der Waals surface area contributed by atoms with Crippen LogP contribution in [0.2, 0.25) is 0 Å². The van der Waals surface area contributed by atoms with E-state index < -0.39 is 9.84 Å². The fourth-order valence-corrected chi connectivity index (χ4v) is 2.59. The lowest BCUT2D eigenvalue weighted by molar-refractivity contribution is 0.591. The van der Waals surface area contributed by atoms with Gasteiger partial charge in [-0.25, -0.2) is 8.42 Å². The minimum atomic E-state index is -2.94. The normalized spacial score (nSPS) is 13.8. The first-order valence-corrected chi connectivity index (χ1v) is 7.85. The van der Waals surface area contributed by atoms with Crippen molar-refractivity contribution in [3.05, 3.63) is 33.8 Å². The predicted molar refractivity (Wildman–Crippen MR) is 70.1 cm³/mol. The van der Waals surface area contributed by atoms with Crippen LogP contribution < -0.4 is 5.73 Å². The molecule has 0 heterocycles. The van der Waals surface area contributed by atoms with E-state index in [2.05, 4.69) is 15.9 Å². The fourth-order valence-electron chi connectivity index (χ4n) is 1.52. The summed E-state index contributed by atoms with van der Waals surface area (Å²) in [6.07, 6.45) is 1.68. The maximum absolute atomic E-state index is 11.1. The number of hydrogen-bond acceptors (Lipinski definition) is 3. The van der Waals surface area contributed by atoms with Gasteiger partial charge in [-0.15, -0.1) is 0 Å². The van der Waals surface area contributed by atoms with Gasteiger partial charge in [0.1, 0.15) is 9.84 Å². The molecule has 1 atom stereocenters. The van der Waals surface area contributed by atoms with Crippen molar-refractivity contribution < 1.29 is 8.42 Å². The molecule has 0 saturated heterocycles. The molecule has 1 aromatic rings. The molecule has 3 nitrogen and oxygen atoms in total. The molecule has 0 aliphatic rings. The van der Waals surface area contributed by atoms with Crippen LogP contribution in [0.1, 0.15) is 23.6 Å². The van der Waals surface area contributed by atoms with Crippen molar-refractivity contribution in [1.29, 1.82) is 0 Å². The minimum Gasteiger partial charge on any atom is -0.324 e. The van der Waals surface area contributed by atoms with Crippen LogP contribution in [-0.4, -0.2) is 20.4 Å². The van der Waals surface area contributed by atoms with Gasteiger partial charge in [-0.05, 0) is 30.5 Å². The number of nitrogens with two attached hydrogens (primary N) is 1. The molecule has 0 amide bonds. The van der Waals surface area contributed by atoms with Gasteiger partial charge in [-0.3, -0.25) is 0 Å². The van der Waals surface area contributed by atoms with E-state index in [-0.39, 0.29) is 11.8 Å². The van der Waals surface area contributed by atoms with E-state index in [9.17, 15) is 8.42 Å². The standard InChI is InChI=1S/C11H16BrNO2S/c1-8-9(4-3-5-10(8)12)11(13)6-7-16(2,14)15/h3-5,11H,6-7,13H2,1-2H3. The maximum atomic E-state index is 11.1. The molecule has 90 valence electrons. The summed E-state index contributed by atoms with van der Waals surface area (Å²) >= 11 is 3.43. The molecule has 16 heavy (non-hydrogen) atoms. The summed E-state index contributed by atoms with van der Waals surface area (Å²) in [5.41, 5.74) is 8.06. The lowest BCUT2D eigenvalue weighted by Gasteiger charge is -2.15. The molecule has 0 spiro atoms. The maximum Gasteiger partial charge on any atom is 0.147 e. The van der Waals surface area contributed by atoms with Crippen molar-refractivity contribution in [2.45, 2.75) is 19.4 Å². The molecule has 0 fully saturated rings. The van der Waals surface area contributed by atoms with Gasteiger partial charge in [-0.1, -0.05) is 28.1 Å². The molecule has 1 unspecified atom stereocenters. The van der Waals surface area contributed by atoms with Gasteiger partial charge < -0.3 is 5.73 Å². The number of rotatable bonds is 4. The summed E-state index contributed by atoms with van der Waals surface area (Å²) in [6, 6.07) is 5.56. The highest BCUT2D eigenvalue weighted by molar-refractivity contribution is 9.10. The Kier molecular flexibility index (Phi) is 4.52. The zero-order chi connectivity index (χ0) is 12.3. The van der Waals surface area contributed by atoms with E-state index in [0.29, 0.717) is 6.42 Å². The number of hydrogen-bond donors (Lipinski definition) is 1. The van der Waals surface area contributed by atoms with Crippen LogP contribution >= 0.6 is 15.9 Å². The Balaban J connectivity index is 2.81. The van der Waals surface area contributed by atoms with Gasteiger partial charge in [0.2, 0.25) is 0 Å². The molecule has 0 aromatic heterocycles. The highest BCUT2D eigenvalue weighted by Gasteiger charge is 2.13. The molecule has 0 aliphatic carbocycles.